The van der Waals surface area contributed by atoms with Gasteiger partial charge >= 0.3 is 9.05 Å². The average Bonchev–Trinajstić information content (AvgIpc) is 1.30. The van der Waals surface area contributed by atoms with Gasteiger partial charge in [0, 0.05) is 0 Å². The first-order valence-electron chi connectivity index (χ1n) is 1.45. The maximum atomic E-state index is 7.94. The normalized spacial score (nSPS) is 12.4. The Bertz CT molecular complexity index is 44.5. The Labute approximate surface area is 44.1 Å². The van der Waals surface area contributed by atoms with E-state index in [9.17, 15) is 0 Å². The van der Waals surface area contributed by atoms with Crippen molar-refractivity contribution in [2.24, 2.45) is 0 Å². The molecule has 0 bridgehead atoms. The summed E-state index contributed by atoms with van der Waals surface area (Å²) in [5.74, 6) is 0. The third-order valence-electron chi connectivity index (χ3n) is 0.195. The summed E-state index contributed by atoms with van der Waals surface area (Å²) in [5.41, 5.74) is 0. The van der Waals surface area contributed by atoms with E-state index in [0.717, 1.165) is 0 Å². The van der Waals surface area contributed by atoms with Crippen LogP contribution in [-0.2, 0) is 9.15 Å². The Hall–Kier alpha value is 0.234. The minimum Gasteiger partial charge on any atom is -0.366 e. The van der Waals surface area contributed by atoms with Gasteiger partial charge in [-0.15, -0.1) is 0 Å². The summed E-state index contributed by atoms with van der Waals surface area (Å²) in [6.45, 7) is 0. The van der Waals surface area contributed by atoms with Crippen LogP contribution in [0.5, 0.6) is 0 Å². The first-order chi connectivity index (χ1) is 3.06. The van der Waals surface area contributed by atoms with Crippen LogP contribution in [0.3, 0.4) is 0 Å². The molecule has 0 spiro atoms. The topological polar surface area (TPSA) is 79.2 Å². The fourth-order valence-electron chi connectivity index (χ4n) is 0.112. The molecule has 0 aliphatic heterocycles. The zero-order valence-corrected chi connectivity index (χ0v) is 6.66. The molecule has 5 nitrogen and oxygen atoms in total. The molecule has 3 N–H and O–H groups in total. The van der Waals surface area contributed by atoms with Gasteiger partial charge in [-0.05, 0) is 0 Å². The van der Waals surface area contributed by atoms with E-state index in [0.29, 0.717) is 0 Å². The first kappa shape index (κ1) is 7.23. The Balaban J connectivity index is 3.15. The monoisotopic (exact) mass is 142 g/mol. The summed E-state index contributed by atoms with van der Waals surface area (Å²) < 4.78 is 7.45. The van der Waals surface area contributed by atoms with Gasteiger partial charge in [0.25, 0.3) is 0 Å². The Morgan fingerprint density at radius 2 is 1.71 bits per heavy atom. The van der Waals surface area contributed by atoms with E-state index in [1.807, 2.05) is 0 Å². The molecule has 0 fully saturated rings. The largest absolute Gasteiger partial charge is 0.698 e. The molecule has 0 saturated carbocycles. The van der Waals surface area contributed by atoms with Crippen LogP contribution in [-0.4, -0.2) is 33.9 Å². The van der Waals surface area contributed by atoms with Gasteiger partial charge in [-0.1, -0.05) is 0 Å². The molecule has 0 atom stereocenters. The van der Waals surface area contributed by atoms with E-state index in [1.165, 1.54) is 0 Å². The predicted molar refractivity (Wildman–Crippen MR) is 24.5 cm³/mol. The molecular formula is H6O5Si2. The molecule has 0 aromatic rings. The fraction of sp³-hybridized carbons (Fsp3) is 0. The molecule has 7 heavy (non-hydrogen) atoms. The van der Waals surface area contributed by atoms with E-state index >= 15 is 0 Å². The minimum atomic E-state index is -4.34. The van der Waals surface area contributed by atoms with Gasteiger partial charge in [0.05, 0.1) is 0 Å². The highest BCUT2D eigenvalue weighted by atomic mass is 28.4. The molecule has 0 aromatic carbocycles. The van der Waals surface area contributed by atoms with Crippen LogP contribution in [0.2, 0.25) is 0 Å². The van der Waals surface area contributed by atoms with Gasteiger partial charge in [0.1, 0.15) is 0 Å². The molecule has 0 unspecified atom stereocenters. The molecule has 44 valence electrons. The van der Waals surface area contributed by atoms with Gasteiger partial charge in [-0.2, -0.15) is 0 Å². The molecule has 0 aromatic heterocycles. The summed E-state index contributed by atoms with van der Waals surface area (Å²) >= 11 is 0. The lowest BCUT2D eigenvalue weighted by atomic mass is 14.9. The van der Waals surface area contributed by atoms with Crippen molar-refractivity contribution in [1.29, 1.82) is 0 Å². The average molecular weight is 142 g/mol. The van der Waals surface area contributed by atoms with Crippen LogP contribution < -0.4 is 0 Å². The molecule has 0 radical (unpaired) electrons. The van der Waals surface area contributed by atoms with Crippen molar-refractivity contribution in [3.8, 4) is 0 Å². The first-order valence-corrected chi connectivity index (χ1v) is 4.02. The van der Waals surface area contributed by atoms with Crippen LogP contribution in [0.15, 0.2) is 0 Å². The van der Waals surface area contributed by atoms with Gasteiger partial charge in [0.2, 0.25) is 0 Å². The Morgan fingerprint density at radius 1 is 1.29 bits per heavy atom. The fourth-order valence-corrected chi connectivity index (χ4v) is 1.01. The molecule has 0 rings (SSSR count). The van der Waals surface area contributed by atoms with Gasteiger partial charge in [0.15, 0.2) is 10.5 Å². The lowest BCUT2D eigenvalue weighted by Crippen LogP contribution is -2.38. The maximum absolute atomic E-state index is 7.94. The molecule has 0 aliphatic rings. The second-order valence-corrected chi connectivity index (χ2v) is 2.47. The van der Waals surface area contributed by atoms with Crippen molar-refractivity contribution >= 4 is 19.5 Å². The van der Waals surface area contributed by atoms with Crippen LogP contribution in [0.25, 0.3) is 0 Å². The zero-order valence-electron chi connectivity index (χ0n) is 3.66. The molecule has 0 saturated heterocycles. The quantitative estimate of drug-likeness (QED) is 0.213. The molecular weight excluding hydrogens is 136 g/mol. The summed E-state index contributed by atoms with van der Waals surface area (Å²) in [7, 11) is -4.14. The van der Waals surface area contributed by atoms with Crippen LogP contribution in [0.1, 0.15) is 0 Å². The SMILES string of the molecule is O[Si](O)(O)OO[SiH3]. The molecule has 7 heteroatoms. The standard InChI is InChI=1S/H6O5Si2/c1-7(2,3)5-4-6/h1-3H,6H3. The van der Waals surface area contributed by atoms with E-state index < -0.39 is 9.05 Å². The molecule has 0 heterocycles. The summed E-state index contributed by atoms with van der Waals surface area (Å²) in [5, 5.41) is 0. The number of hydrogen-bond donors (Lipinski definition) is 3. The summed E-state index contributed by atoms with van der Waals surface area (Å²) in [6.07, 6.45) is 0. The van der Waals surface area contributed by atoms with Crippen molar-refractivity contribution in [1.82, 2.24) is 0 Å². The van der Waals surface area contributed by atoms with E-state index in [-0.39, 0.29) is 10.5 Å². The van der Waals surface area contributed by atoms with E-state index in [1.54, 1.807) is 0 Å². The van der Waals surface area contributed by atoms with Crippen molar-refractivity contribution in [2.75, 3.05) is 0 Å². The number of hydrogen-bond acceptors (Lipinski definition) is 5. The third kappa shape index (κ3) is 6.23. The van der Waals surface area contributed by atoms with Crippen molar-refractivity contribution in [3.05, 3.63) is 0 Å². The van der Waals surface area contributed by atoms with Crippen molar-refractivity contribution in [3.63, 3.8) is 0 Å². The second kappa shape index (κ2) is 2.52. The highest BCUT2D eigenvalue weighted by Gasteiger charge is 2.31. The summed E-state index contributed by atoms with van der Waals surface area (Å²) in [6, 6.07) is 0. The highest BCUT2D eigenvalue weighted by molar-refractivity contribution is 6.48. The molecule has 0 aliphatic carbocycles. The summed E-state index contributed by atoms with van der Waals surface area (Å²) in [4.78, 5) is 23.8. The van der Waals surface area contributed by atoms with Gasteiger partial charge < -0.3 is 19.0 Å². The van der Waals surface area contributed by atoms with Crippen LogP contribution in [0.4, 0.5) is 0 Å². The van der Waals surface area contributed by atoms with Crippen molar-refractivity contribution < 1.29 is 23.5 Å². The zero-order chi connectivity index (χ0) is 5.91. The lowest BCUT2D eigenvalue weighted by molar-refractivity contribution is -0.173. The lowest BCUT2D eigenvalue weighted by Gasteiger charge is -2.04. The van der Waals surface area contributed by atoms with Crippen LogP contribution in [0, 0.1) is 0 Å². The van der Waals surface area contributed by atoms with E-state index in [4.69, 9.17) is 14.4 Å². The maximum Gasteiger partial charge on any atom is 0.698 e. The van der Waals surface area contributed by atoms with Crippen LogP contribution >= 0.6 is 0 Å². The minimum absolute atomic E-state index is 0.202. The Morgan fingerprint density at radius 3 is 1.71 bits per heavy atom. The third-order valence-corrected chi connectivity index (χ3v) is 1.09. The second-order valence-electron chi connectivity index (χ2n) is 0.824. The predicted octanol–water partition coefficient (Wildman–Crippen LogP) is -3.37. The Kier molecular flexibility index (Phi) is 2.60. The number of rotatable bonds is 2. The van der Waals surface area contributed by atoms with Gasteiger partial charge in [-0.25, -0.2) is 4.58 Å². The van der Waals surface area contributed by atoms with Crippen molar-refractivity contribution in [2.45, 2.75) is 0 Å². The molecule has 0 amide bonds. The van der Waals surface area contributed by atoms with Gasteiger partial charge in [-0.3, -0.25) is 0 Å². The highest BCUT2D eigenvalue weighted by Crippen LogP contribution is 1.85. The smallest absolute Gasteiger partial charge is 0.366 e. The van der Waals surface area contributed by atoms with E-state index in [2.05, 4.69) is 9.15 Å².